The number of hydrogen-bond acceptors (Lipinski definition) is 6. The molecule has 8 nitrogen and oxygen atoms in total. The molecule has 0 aliphatic heterocycles. The van der Waals surface area contributed by atoms with Crippen molar-refractivity contribution in [2.45, 2.75) is 31.6 Å². The number of aliphatic hydroxyl groups is 2. The van der Waals surface area contributed by atoms with E-state index >= 15 is 0 Å². The summed E-state index contributed by atoms with van der Waals surface area (Å²) in [6.07, 6.45) is -0.0796. The van der Waals surface area contributed by atoms with Gasteiger partial charge in [0.25, 0.3) is 0 Å². The zero-order chi connectivity index (χ0) is 21.4. The minimum absolute atomic E-state index is 0.117. The molecule has 0 saturated heterocycles. The van der Waals surface area contributed by atoms with Crippen LogP contribution in [0.3, 0.4) is 0 Å². The summed E-state index contributed by atoms with van der Waals surface area (Å²) in [7, 11) is 1.53. The molecule has 2 amide bonds. The van der Waals surface area contributed by atoms with Gasteiger partial charge in [-0.2, -0.15) is 0 Å². The van der Waals surface area contributed by atoms with E-state index in [2.05, 4.69) is 27.9 Å². The van der Waals surface area contributed by atoms with Crippen LogP contribution in [-0.2, 0) is 14.3 Å². The highest BCUT2D eigenvalue weighted by atomic mass is 127. The summed E-state index contributed by atoms with van der Waals surface area (Å²) in [6, 6.07) is 6.71. The van der Waals surface area contributed by atoms with Crippen molar-refractivity contribution in [1.82, 2.24) is 10.2 Å². The first kappa shape index (κ1) is 23.6. The molecule has 3 atom stereocenters. The van der Waals surface area contributed by atoms with Crippen LogP contribution >= 0.6 is 22.6 Å². The zero-order valence-electron chi connectivity index (χ0n) is 16.5. The lowest BCUT2D eigenvalue weighted by atomic mass is 9.88. The van der Waals surface area contributed by atoms with E-state index in [0.717, 1.165) is 3.57 Å². The van der Waals surface area contributed by atoms with Gasteiger partial charge in [0.15, 0.2) is 0 Å². The van der Waals surface area contributed by atoms with Crippen molar-refractivity contribution in [2.24, 2.45) is 0 Å². The lowest BCUT2D eigenvalue weighted by Gasteiger charge is -2.40. The van der Waals surface area contributed by atoms with E-state index in [4.69, 9.17) is 14.6 Å². The predicted molar refractivity (Wildman–Crippen MR) is 115 cm³/mol. The summed E-state index contributed by atoms with van der Waals surface area (Å²) in [5.74, 6) is -0.00542. The summed E-state index contributed by atoms with van der Waals surface area (Å²) in [4.78, 5) is 26.3. The van der Waals surface area contributed by atoms with Gasteiger partial charge in [-0.15, -0.1) is 0 Å². The Kier molecular flexibility index (Phi) is 9.34. The van der Waals surface area contributed by atoms with Crippen LogP contribution in [0.15, 0.2) is 35.9 Å². The lowest BCUT2D eigenvalue weighted by molar-refractivity contribution is -0.137. The Hall–Kier alpha value is -1.69. The minimum atomic E-state index is -1.03. The molecule has 0 radical (unpaired) electrons. The second-order valence-electron chi connectivity index (χ2n) is 6.65. The number of ether oxygens (including phenoxy) is 2. The van der Waals surface area contributed by atoms with E-state index in [-0.39, 0.29) is 37.9 Å². The highest BCUT2D eigenvalue weighted by Crippen LogP contribution is 2.29. The average molecular weight is 518 g/mol. The molecule has 0 fully saturated rings. The van der Waals surface area contributed by atoms with Gasteiger partial charge in [0.1, 0.15) is 18.0 Å². The maximum absolute atomic E-state index is 12.5. The predicted octanol–water partition coefficient (Wildman–Crippen LogP) is 0.702. The number of benzene rings is 1. The number of rotatable bonds is 9. The first-order valence-corrected chi connectivity index (χ1v) is 10.4. The van der Waals surface area contributed by atoms with Crippen molar-refractivity contribution < 1.29 is 29.3 Å². The van der Waals surface area contributed by atoms with E-state index in [9.17, 15) is 14.7 Å². The van der Waals surface area contributed by atoms with E-state index < -0.39 is 18.2 Å². The molecule has 1 aromatic rings. The van der Waals surface area contributed by atoms with Gasteiger partial charge in [-0.1, -0.05) is 12.1 Å². The number of nitrogens with zero attached hydrogens (tertiary/aromatic N) is 1. The first-order chi connectivity index (χ1) is 13.9. The van der Waals surface area contributed by atoms with Crippen LogP contribution in [0.25, 0.3) is 0 Å². The van der Waals surface area contributed by atoms with Gasteiger partial charge in [-0.05, 0) is 40.8 Å². The Labute approximate surface area is 184 Å². The van der Waals surface area contributed by atoms with E-state index in [1.807, 2.05) is 18.2 Å². The van der Waals surface area contributed by atoms with Crippen LogP contribution < -0.4 is 10.1 Å². The van der Waals surface area contributed by atoms with Crippen LogP contribution in [0.4, 0.5) is 0 Å². The number of amides is 2. The lowest BCUT2D eigenvalue weighted by Crippen LogP contribution is -2.55. The fourth-order valence-corrected chi connectivity index (χ4v) is 3.73. The highest BCUT2D eigenvalue weighted by molar-refractivity contribution is 14.1. The second-order valence-corrected chi connectivity index (χ2v) is 7.81. The van der Waals surface area contributed by atoms with Crippen molar-refractivity contribution in [3.05, 3.63) is 39.5 Å². The quantitative estimate of drug-likeness (QED) is 0.416. The largest absolute Gasteiger partial charge is 0.482 e. The normalized spacial score (nSPS) is 21.3. The minimum Gasteiger partial charge on any atom is -0.482 e. The summed E-state index contributed by atoms with van der Waals surface area (Å²) < 4.78 is 12.0. The third-order valence-corrected chi connectivity index (χ3v) is 5.55. The first-order valence-electron chi connectivity index (χ1n) is 9.34. The number of nitrogens with one attached hydrogen (secondary N) is 1. The van der Waals surface area contributed by atoms with Crippen LogP contribution in [0.1, 0.15) is 13.3 Å². The topological polar surface area (TPSA) is 108 Å². The van der Waals surface area contributed by atoms with E-state index in [1.165, 1.54) is 18.9 Å². The molecule has 2 rings (SSSR count). The van der Waals surface area contributed by atoms with Gasteiger partial charge in [0, 0.05) is 39.1 Å². The van der Waals surface area contributed by atoms with Crippen molar-refractivity contribution in [2.75, 3.05) is 33.4 Å². The fourth-order valence-electron chi connectivity index (χ4n) is 3.21. The number of carbonyl (C=O) groups excluding carboxylic acids is 2. The number of hydrogen-bond donors (Lipinski definition) is 3. The maximum atomic E-state index is 12.5. The van der Waals surface area contributed by atoms with Crippen molar-refractivity contribution >= 4 is 34.4 Å². The summed E-state index contributed by atoms with van der Waals surface area (Å²) in [5, 5.41) is 22.6. The number of carbonyl (C=O) groups is 2. The third-order valence-electron chi connectivity index (χ3n) is 4.66. The molecular formula is C20H27IN2O6. The fraction of sp³-hybridized carbons (Fsp3) is 0.500. The van der Waals surface area contributed by atoms with Crippen LogP contribution in [0.5, 0.6) is 5.75 Å². The van der Waals surface area contributed by atoms with Crippen LogP contribution in [0, 0.1) is 3.57 Å². The number of halogens is 1. The molecule has 9 heteroatoms. The molecule has 0 saturated carbocycles. The maximum Gasteiger partial charge on any atom is 0.247 e. The molecule has 29 heavy (non-hydrogen) atoms. The number of methoxy groups -OCH3 is 1. The Morgan fingerprint density at radius 1 is 1.34 bits per heavy atom. The molecule has 0 unspecified atom stereocenters. The molecular weight excluding hydrogens is 491 g/mol. The van der Waals surface area contributed by atoms with E-state index in [0.29, 0.717) is 17.9 Å². The van der Waals surface area contributed by atoms with Gasteiger partial charge in [0.2, 0.25) is 11.8 Å². The highest BCUT2D eigenvalue weighted by Gasteiger charge is 2.39. The molecule has 3 N–H and O–H groups in total. The summed E-state index contributed by atoms with van der Waals surface area (Å²) in [5.41, 5.74) is 0.397. The molecule has 1 aromatic carbocycles. The molecule has 0 heterocycles. The Morgan fingerprint density at radius 3 is 2.69 bits per heavy atom. The SMILES string of the molecule is COCCN(C(C)=O)[C@@H]1CC(C(=O)NCCO)=C[C@H](Oc2ccccc2I)[C@H]1O. The Bertz CT molecular complexity index is 741. The van der Waals surface area contributed by atoms with Gasteiger partial charge in [-0.3, -0.25) is 9.59 Å². The second kappa shape index (κ2) is 11.5. The van der Waals surface area contributed by atoms with Gasteiger partial charge in [0.05, 0.1) is 22.8 Å². The molecule has 1 aliphatic rings. The molecule has 160 valence electrons. The summed E-state index contributed by atoms with van der Waals surface area (Å²) in [6.45, 7) is 1.95. The van der Waals surface area contributed by atoms with E-state index in [1.54, 1.807) is 12.1 Å². The van der Waals surface area contributed by atoms with Gasteiger partial charge >= 0.3 is 0 Å². The van der Waals surface area contributed by atoms with Crippen LogP contribution in [-0.4, -0.2) is 78.6 Å². The number of aliphatic hydroxyl groups excluding tert-OH is 2. The summed E-state index contributed by atoms with van der Waals surface area (Å²) >= 11 is 2.13. The van der Waals surface area contributed by atoms with Gasteiger partial charge in [-0.25, -0.2) is 0 Å². The van der Waals surface area contributed by atoms with Crippen molar-refractivity contribution in [3.8, 4) is 5.75 Å². The molecule has 1 aliphatic carbocycles. The average Bonchev–Trinajstić information content (AvgIpc) is 2.70. The smallest absolute Gasteiger partial charge is 0.247 e. The van der Waals surface area contributed by atoms with Crippen molar-refractivity contribution in [1.29, 1.82) is 0 Å². The van der Waals surface area contributed by atoms with Crippen molar-refractivity contribution in [3.63, 3.8) is 0 Å². The van der Waals surface area contributed by atoms with Gasteiger partial charge < -0.3 is 29.9 Å². The standard InChI is InChI=1S/C20H27IN2O6/c1-13(25)23(8-10-28-2)16-11-14(20(27)22-7-9-24)12-18(19(16)26)29-17-6-4-3-5-15(17)21/h3-6,12,16,18-19,24,26H,7-11H2,1-2H3,(H,22,27)/t16-,18+,19+/m1/s1. The molecule has 0 spiro atoms. The molecule has 0 aromatic heterocycles. The van der Waals surface area contributed by atoms with Crippen LogP contribution in [0.2, 0.25) is 0 Å². The molecule has 0 bridgehead atoms. The third kappa shape index (κ3) is 6.39. The number of para-hydroxylation sites is 1. The zero-order valence-corrected chi connectivity index (χ0v) is 18.7. The monoisotopic (exact) mass is 518 g/mol. The Morgan fingerprint density at radius 2 is 2.07 bits per heavy atom. The Balaban J connectivity index is 2.34.